The fraction of sp³-hybridized carbons (Fsp3) is 0.588. The molecule has 1 atom stereocenters. The summed E-state index contributed by atoms with van der Waals surface area (Å²) < 4.78 is 18.7. The average Bonchev–Trinajstić information content (AvgIpc) is 3.31. The van der Waals surface area contributed by atoms with E-state index in [9.17, 15) is 4.39 Å². The molecule has 0 aromatic heterocycles. The van der Waals surface area contributed by atoms with Gasteiger partial charge in [0.1, 0.15) is 0 Å². The summed E-state index contributed by atoms with van der Waals surface area (Å²) in [6, 6.07) is 5.00. The molecule has 0 aliphatic heterocycles. The molecule has 1 aromatic rings. The molecule has 1 saturated carbocycles. The van der Waals surface area contributed by atoms with Crippen LogP contribution in [-0.2, 0) is 0 Å². The SMILES string of the molecule is CCNC(=NCCC1CC1)NC(C)c1ccc(OC)c(F)c1. The second-order valence-electron chi connectivity index (χ2n) is 5.75. The van der Waals surface area contributed by atoms with Gasteiger partial charge in [0.25, 0.3) is 0 Å². The van der Waals surface area contributed by atoms with Crippen LogP contribution < -0.4 is 15.4 Å². The average molecular weight is 307 g/mol. The fourth-order valence-corrected chi connectivity index (χ4v) is 2.33. The molecule has 0 spiro atoms. The molecular formula is C17H26FN3O. The Morgan fingerprint density at radius 3 is 2.82 bits per heavy atom. The number of benzene rings is 1. The number of methoxy groups -OCH3 is 1. The van der Waals surface area contributed by atoms with Crippen LogP contribution in [0.25, 0.3) is 0 Å². The van der Waals surface area contributed by atoms with Crippen LogP contribution in [0.15, 0.2) is 23.2 Å². The van der Waals surface area contributed by atoms with E-state index in [1.807, 2.05) is 19.9 Å². The van der Waals surface area contributed by atoms with Gasteiger partial charge in [-0.25, -0.2) is 4.39 Å². The lowest BCUT2D eigenvalue weighted by Gasteiger charge is -2.18. The van der Waals surface area contributed by atoms with E-state index < -0.39 is 0 Å². The van der Waals surface area contributed by atoms with Crippen molar-refractivity contribution in [2.75, 3.05) is 20.2 Å². The van der Waals surface area contributed by atoms with E-state index in [0.717, 1.165) is 37.0 Å². The molecule has 1 aliphatic rings. The van der Waals surface area contributed by atoms with Gasteiger partial charge in [-0.3, -0.25) is 4.99 Å². The van der Waals surface area contributed by atoms with E-state index in [-0.39, 0.29) is 17.6 Å². The third-order valence-electron chi connectivity index (χ3n) is 3.88. The van der Waals surface area contributed by atoms with Crippen LogP contribution in [0.5, 0.6) is 5.75 Å². The number of aliphatic imine (C=N–C) groups is 1. The lowest BCUT2D eigenvalue weighted by molar-refractivity contribution is 0.386. The first-order chi connectivity index (χ1) is 10.6. The molecule has 0 heterocycles. The summed E-state index contributed by atoms with van der Waals surface area (Å²) in [6.45, 7) is 5.67. The zero-order valence-electron chi connectivity index (χ0n) is 13.7. The number of rotatable bonds is 7. The molecule has 2 N–H and O–H groups in total. The summed E-state index contributed by atoms with van der Waals surface area (Å²) in [6.07, 6.45) is 3.85. The largest absolute Gasteiger partial charge is 0.494 e. The number of halogens is 1. The van der Waals surface area contributed by atoms with Gasteiger partial charge < -0.3 is 15.4 Å². The Morgan fingerprint density at radius 1 is 1.45 bits per heavy atom. The summed E-state index contributed by atoms with van der Waals surface area (Å²) in [5.74, 6) is 1.58. The molecule has 22 heavy (non-hydrogen) atoms. The van der Waals surface area contributed by atoms with Crippen molar-refractivity contribution in [1.29, 1.82) is 0 Å². The van der Waals surface area contributed by atoms with Crippen LogP contribution in [0.4, 0.5) is 4.39 Å². The molecule has 122 valence electrons. The van der Waals surface area contributed by atoms with E-state index in [4.69, 9.17) is 4.74 Å². The first kappa shape index (κ1) is 16.6. The number of ether oxygens (including phenoxy) is 1. The summed E-state index contributed by atoms with van der Waals surface area (Å²) >= 11 is 0. The predicted octanol–water partition coefficient (Wildman–Crippen LogP) is 3.25. The summed E-state index contributed by atoms with van der Waals surface area (Å²) in [5, 5.41) is 6.56. The standard InChI is InChI=1S/C17H26FN3O/c1-4-19-17(20-10-9-13-5-6-13)21-12(2)14-7-8-16(22-3)15(18)11-14/h7-8,11-13H,4-6,9-10H2,1-3H3,(H2,19,20,21). The normalized spacial score (nSPS) is 16.3. The Balaban J connectivity index is 1.96. The van der Waals surface area contributed by atoms with E-state index in [0.29, 0.717) is 0 Å². The van der Waals surface area contributed by atoms with Crippen LogP contribution >= 0.6 is 0 Å². The van der Waals surface area contributed by atoms with Crippen molar-refractivity contribution in [3.63, 3.8) is 0 Å². The Kier molecular flexibility index (Phi) is 6.04. The van der Waals surface area contributed by atoms with Crippen molar-refractivity contribution in [2.24, 2.45) is 10.9 Å². The third-order valence-corrected chi connectivity index (χ3v) is 3.88. The Hall–Kier alpha value is -1.78. The van der Waals surface area contributed by atoms with Crippen LogP contribution in [-0.4, -0.2) is 26.2 Å². The Morgan fingerprint density at radius 2 is 2.23 bits per heavy atom. The predicted molar refractivity (Wildman–Crippen MR) is 87.8 cm³/mol. The highest BCUT2D eigenvalue weighted by Gasteiger charge is 2.20. The number of hydrogen-bond acceptors (Lipinski definition) is 2. The van der Waals surface area contributed by atoms with E-state index in [1.165, 1.54) is 26.0 Å². The second kappa shape index (κ2) is 8.01. The highest BCUT2D eigenvalue weighted by atomic mass is 19.1. The molecule has 4 nitrogen and oxygen atoms in total. The minimum Gasteiger partial charge on any atom is -0.494 e. The molecule has 1 unspecified atom stereocenters. The number of nitrogens with one attached hydrogen (secondary N) is 2. The maximum Gasteiger partial charge on any atom is 0.191 e. The number of hydrogen-bond donors (Lipinski definition) is 2. The summed E-state index contributed by atoms with van der Waals surface area (Å²) in [4.78, 5) is 4.59. The van der Waals surface area contributed by atoms with Crippen molar-refractivity contribution in [3.8, 4) is 5.75 Å². The van der Waals surface area contributed by atoms with Crippen molar-refractivity contribution in [1.82, 2.24) is 10.6 Å². The highest BCUT2D eigenvalue weighted by molar-refractivity contribution is 5.80. The summed E-state index contributed by atoms with van der Waals surface area (Å²) in [7, 11) is 1.47. The van der Waals surface area contributed by atoms with Crippen molar-refractivity contribution < 1.29 is 9.13 Å². The molecule has 5 heteroatoms. The van der Waals surface area contributed by atoms with Gasteiger partial charge >= 0.3 is 0 Å². The maximum atomic E-state index is 13.8. The van der Waals surface area contributed by atoms with E-state index >= 15 is 0 Å². The molecule has 0 radical (unpaired) electrons. The van der Waals surface area contributed by atoms with Gasteiger partial charge in [-0.15, -0.1) is 0 Å². The minimum absolute atomic E-state index is 0.0286. The van der Waals surface area contributed by atoms with Crippen LogP contribution in [0.1, 0.15) is 44.7 Å². The molecule has 1 aliphatic carbocycles. The van der Waals surface area contributed by atoms with E-state index in [2.05, 4.69) is 15.6 Å². The lowest BCUT2D eigenvalue weighted by atomic mass is 10.1. The zero-order chi connectivity index (χ0) is 15.9. The van der Waals surface area contributed by atoms with Crippen molar-refractivity contribution >= 4 is 5.96 Å². The van der Waals surface area contributed by atoms with Gasteiger partial charge in [-0.2, -0.15) is 0 Å². The van der Waals surface area contributed by atoms with Gasteiger partial charge in [0, 0.05) is 13.1 Å². The summed E-state index contributed by atoms with van der Waals surface area (Å²) in [5.41, 5.74) is 0.867. The first-order valence-electron chi connectivity index (χ1n) is 8.02. The molecule has 1 fully saturated rings. The van der Waals surface area contributed by atoms with Crippen molar-refractivity contribution in [2.45, 2.75) is 39.2 Å². The second-order valence-corrected chi connectivity index (χ2v) is 5.75. The molecule has 0 amide bonds. The molecule has 2 rings (SSSR count). The third kappa shape index (κ3) is 4.90. The minimum atomic E-state index is -0.343. The van der Waals surface area contributed by atoms with Crippen molar-refractivity contribution in [3.05, 3.63) is 29.6 Å². The number of nitrogens with zero attached hydrogens (tertiary/aromatic N) is 1. The van der Waals surface area contributed by atoms with Gasteiger partial charge in [0.05, 0.1) is 13.2 Å². The van der Waals surface area contributed by atoms with Crippen LogP contribution in [0, 0.1) is 11.7 Å². The van der Waals surface area contributed by atoms with Gasteiger partial charge in [0.15, 0.2) is 17.5 Å². The monoisotopic (exact) mass is 307 g/mol. The van der Waals surface area contributed by atoms with E-state index in [1.54, 1.807) is 6.07 Å². The van der Waals surface area contributed by atoms with Gasteiger partial charge in [-0.1, -0.05) is 18.9 Å². The number of guanidine groups is 1. The lowest BCUT2D eigenvalue weighted by Crippen LogP contribution is -2.38. The van der Waals surface area contributed by atoms with Crippen LogP contribution in [0.3, 0.4) is 0 Å². The molecule has 0 bridgehead atoms. The Bertz CT molecular complexity index is 515. The zero-order valence-corrected chi connectivity index (χ0v) is 13.7. The first-order valence-corrected chi connectivity index (χ1v) is 8.02. The maximum absolute atomic E-state index is 13.8. The quantitative estimate of drug-likeness (QED) is 0.600. The molecule has 1 aromatic carbocycles. The van der Waals surface area contributed by atoms with Crippen LogP contribution in [0.2, 0.25) is 0 Å². The fourth-order valence-electron chi connectivity index (χ4n) is 2.33. The highest BCUT2D eigenvalue weighted by Crippen LogP contribution is 2.32. The topological polar surface area (TPSA) is 45.7 Å². The van der Waals surface area contributed by atoms with Gasteiger partial charge in [0.2, 0.25) is 0 Å². The molecular weight excluding hydrogens is 281 g/mol. The Labute approximate surface area is 132 Å². The van der Waals surface area contributed by atoms with Gasteiger partial charge in [-0.05, 0) is 43.9 Å². The smallest absolute Gasteiger partial charge is 0.191 e. The molecule has 0 saturated heterocycles.